The van der Waals surface area contributed by atoms with Gasteiger partial charge in [-0.2, -0.15) is 5.26 Å². The molecule has 0 aromatic heterocycles. The van der Waals surface area contributed by atoms with Crippen LogP contribution in [-0.4, -0.2) is 5.66 Å². The predicted octanol–water partition coefficient (Wildman–Crippen LogP) is 2.76. The fourth-order valence-electron chi connectivity index (χ4n) is 0.918. The fraction of sp³-hybridized carbons (Fsp3) is 0.222. The van der Waals surface area contributed by atoms with E-state index in [1.54, 1.807) is 30.3 Å². The van der Waals surface area contributed by atoms with E-state index in [-0.39, 0.29) is 0 Å². The minimum atomic E-state index is -1.45. The van der Waals surface area contributed by atoms with Crippen molar-refractivity contribution in [3.05, 3.63) is 34.2 Å². The van der Waals surface area contributed by atoms with E-state index in [4.69, 9.17) is 16.9 Å². The first-order valence-corrected chi connectivity index (χ1v) is 4.27. The van der Waals surface area contributed by atoms with Crippen LogP contribution in [0.4, 0.5) is 5.69 Å². The van der Waals surface area contributed by atoms with Gasteiger partial charge in [0.05, 0.1) is 0 Å². The first-order chi connectivity index (χ1) is 6.59. The number of nitrogens with one attached hydrogen (secondary N) is 1. The molecule has 4 nitrogen and oxygen atoms in total. The maximum atomic E-state index is 10.4. The molecule has 1 aromatic carbocycles. The van der Waals surface area contributed by atoms with Gasteiger partial charge in [0.2, 0.25) is 0 Å². The van der Waals surface area contributed by atoms with Crippen LogP contribution in [0.5, 0.6) is 0 Å². The molecule has 0 bridgehead atoms. The number of nitrogens with zero attached hydrogens (tertiary/aromatic N) is 2. The van der Waals surface area contributed by atoms with Crippen LogP contribution < -0.4 is 5.32 Å². The van der Waals surface area contributed by atoms with Crippen molar-refractivity contribution in [1.29, 1.82) is 5.26 Å². The molecule has 0 radical (unpaired) electrons. The Morgan fingerprint density at radius 3 is 2.86 bits per heavy atom. The van der Waals surface area contributed by atoms with Gasteiger partial charge in [-0.15, -0.1) is 4.91 Å². The van der Waals surface area contributed by atoms with E-state index in [1.165, 1.54) is 6.92 Å². The van der Waals surface area contributed by atoms with Crippen molar-refractivity contribution in [2.75, 3.05) is 5.32 Å². The van der Waals surface area contributed by atoms with Crippen LogP contribution in [0.1, 0.15) is 6.92 Å². The second-order valence-corrected chi connectivity index (χ2v) is 3.35. The van der Waals surface area contributed by atoms with E-state index in [0.717, 1.165) is 0 Å². The maximum Gasteiger partial charge on any atom is 0.255 e. The van der Waals surface area contributed by atoms with Crippen molar-refractivity contribution in [3.8, 4) is 6.07 Å². The number of anilines is 1. The molecule has 0 aliphatic heterocycles. The average Bonchev–Trinajstić information content (AvgIpc) is 2.18. The molecule has 0 fully saturated rings. The third kappa shape index (κ3) is 2.44. The molecule has 72 valence electrons. The van der Waals surface area contributed by atoms with Gasteiger partial charge in [-0.05, 0) is 30.3 Å². The van der Waals surface area contributed by atoms with Gasteiger partial charge < -0.3 is 5.32 Å². The number of halogens is 1. The number of hydrogen-bond donors (Lipinski definition) is 1. The number of benzene rings is 1. The molecular weight excluding hydrogens is 202 g/mol. The van der Waals surface area contributed by atoms with Crippen LogP contribution in [0.25, 0.3) is 0 Å². The zero-order valence-corrected chi connectivity index (χ0v) is 8.25. The first-order valence-electron chi connectivity index (χ1n) is 3.89. The molecule has 14 heavy (non-hydrogen) atoms. The first kappa shape index (κ1) is 10.5. The van der Waals surface area contributed by atoms with Gasteiger partial charge in [0.15, 0.2) is 0 Å². The van der Waals surface area contributed by atoms with E-state index in [9.17, 15) is 4.91 Å². The molecule has 1 atom stereocenters. The highest BCUT2D eigenvalue weighted by Crippen LogP contribution is 2.19. The Bertz CT molecular complexity index is 388. The average molecular weight is 210 g/mol. The summed E-state index contributed by atoms with van der Waals surface area (Å²) < 4.78 is 0. The molecule has 5 heteroatoms. The van der Waals surface area contributed by atoms with E-state index < -0.39 is 5.66 Å². The van der Waals surface area contributed by atoms with Gasteiger partial charge in [0.25, 0.3) is 5.66 Å². The van der Waals surface area contributed by atoms with Gasteiger partial charge in [-0.3, -0.25) is 0 Å². The molecule has 0 aliphatic carbocycles. The molecule has 1 N–H and O–H groups in total. The van der Waals surface area contributed by atoms with Crippen LogP contribution in [0, 0.1) is 16.2 Å². The lowest BCUT2D eigenvalue weighted by molar-refractivity contribution is 0.685. The Balaban J connectivity index is 2.89. The fourth-order valence-corrected chi connectivity index (χ4v) is 1.11. The molecule has 1 rings (SSSR count). The molecular formula is C9H8ClN3O. The maximum absolute atomic E-state index is 10.4. The van der Waals surface area contributed by atoms with E-state index in [1.807, 2.05) is 0 Å². The Labute approximate surface area is 86.5 Å². The van der Waals surface area contributed by atoms with Gasteiger partial charge in [-0.1, -0.05) is 17.7 Å². The minimum absolute atomic E-state index is 0.529. The molecule has 0 heterocycles. The van der Waals surface area contributed by atoms with Crippen LogP contribution >= 0.6 is 11.6 Å². The molecule has 0 amide bonds. The monoisotopic (exact) mass is 209 g/mol. The molecule has 0 saturated heterocycles. The van der Waals surface area contributed by atoms with Crippen molar-refractivity contribution in [2.24, 2.45) is 5.18 Å². The lowest BCUT2D eigenvalue weighted by atomic mass is 10.2. The van der Waals surface area contributed by atoms with E-state index in [2.05, 4.69) is 10.5 Å². The summed E-state index contributed by atoms with van der Waals surface area (Å²) in [5.41, 5.74) is -0.869. The largest absolute Gasteiger partial charge is 0.347 e. The van der Waals surface area contributed by atoms with Gasteiger partial charge >= 0.3 is 0 Å². The van der Waals surface area contributed by atoms with Gasteiger partial charge in [0, 0.05) is 10.7 Å². The Morgan fingerprint density at radius 1 is 1.64 bits per heavy atom. The lowest BCUT2D eigenvalue weighted by Gasteiger charge is -2.15. The highest BCUT2D eigenvalue weighted by Gasteiger charge is 2.23. The quantitative estimate of drug-likeness (QED) is 0.779. The Hall–Kier alpha value is -1.60. The summed E-state index contributed by atoms with van der Waals surface area (Å²) >= 11 is 5.73. The van der Waals surface area contributed by atoms with Crippen LogP contribution in [0.2, 0.25) is 5.02 Å². The summed E-state index contributed by atoms with van der Waals surface area (Å²) in [6.07, 6.45) is 0. The number of rotatable bonds is 3. The van der Waals surface area contributed by atoms with Crippen molar-refractivity contribution in [1.82, 2.24) is 0 Å². The second-order valence-electron chi connectivity index (χ2n) is 2.91. The predicted molar refractivity (Wildman–Crippen MR) is 54.9 cm³/mol. The molecule has 0 aliphatic rings. The topological polar surface area (TPSA) is 65.2 Å². The second kappa shape index (κ2) is 4.07. The van der Waals surface area contributed by atoms with Gasteiger partial charge in [0.1, 0.15) is 6.07 Å². The molecule has 0 saturated carbocycles. The Kier molecular flexibility index (Phi) is 3.05. The van der Waals surface area contributed by atoms with Crippen molar-refractivity contribution in [3.63, 3.8) is 0 Å². The summed E-state index contributed by atoms with van der Waals surface area (Å²) in [4.78, 5) is 10.4. The van der Waals surface area contributed by atoms with E-state index >= 15 is 0 Å². The van der Waals surface area contributed by atoms with Crippen LogP contribution in [-0.2, 0) is 0 Å². The van der Waals surface area contributed by atoms with E-state index in [0.29, 0.717) is 10.7 Å². The zero-order valence-electron chi connectivity index (χ0n) is 7.49. The smallest absolute Gasteiger partial charge is 0.255 e. The Morgan fingerprint density at radius 2 is 2.36 bits per heavy atom. The third-order valence-electron chi connectivity index (χ3n) is 1.61. The van der Waals surface area contributed by atoms with Crippen molar-refractivity contribution in [2.45, 2.75) is 12.6 Å². The summed E-state index contributed by atoms with van der Waals surface area (Å²) in [6, 6.07) is 8.49. The van der Waals surface area contributed by atoms with Crippen molar-refractivity contribution >= 4 is 17.3 Å². The van der Waals surface area contributed by atoms with Crippen LogP contribution in [0.15, 0.2) is 29.4 Å². The normalized spacial score (nSPS) is 13.8. The summed E-state index contributed by atoms with van der Waals surface area (Å²) in [7, 11) is 0. The molecule has 0 spiro atoms. The lowest BCUT2D eigenvalue weighted by Crippen LogP contribution is -2.29. The summed E-state index contributed by atoms with van der Waals surface area (Å²) in [6.45, 7) is 1.39. The minimum Gasteiger partial charge on any atom is -0.347 e. The highest BCUT2D eigenvalue weighted by atomic mass is 35.5. The zero-order chi connectivity index (χ0) is 10.6. The third-order valence-corrected chi connectivity index (χ3v) is 1.85. The number of nitroso groups, excluding NO2 is 1. The van der Waals surface area contributed by atoms with Gasteiger partial charge in [-0.25, -0.2) is 0 Å². The number of nitriles is 1. The molecule has 0 unspecified atom stereocenters. The summed E-state index contributed by atoms with van der Waals surface area (Å²) in [5, 5.41) is 14.6. The van der Waals surface area contributed by atoms with Crippen molar-refractivity contribution < 1.29 is 0 Å². The SMILES string of the molecule is C[C@@](C#N)(N=O)Nc1cccc(Cl)c1. The van der Waals surface area contributed by atoms with Crippen LogP contribution in [0.3, 0.4) is 0 Å². The summed E-state index contributed by atoms with van der Waals surface area (Å²) in [5.74, 6) is 0. The highest BCUT2D eigenvalue weighted by molar-refractivity contribution is 6.30. The number of hydrogen-bond acceptors (Lipinski definition) is 4. The standard InChI is InChI=1S/C9H8ClN3O/c1-9(6-11,13-14)12-8-4-2-3-7(10)5-8/h2-5,12H,1H3/t9-/m0/s1. The molecule has 1 aromatic rings.